The smallest absolute Gasteiger partial charge is 0.416 e. The second kappa shape index (κ2) is 10.8. The van der Waals surface area contributed by atoms with Gasteiger partial charge >= 0.3 is 12.4 Å². The Labute approximate surface area is 214 Å². The molecule has 2 aromatic rings. The van der Waals surface area contributed by atoms with E-state index in [0.29, 0.717) is 30.4 Å². The van der Waals surface area contributed by atoms with Gasteiger partial charge in [-0.2, -0.15) is 26.3 Å². The summed E-state index contributed by atoms with van der Waals surface area (Å²) >= 11 is 0. The van der Waals surface area contributed by atoms with Crippen LogP contribution in [0.5, 0.6) is 5.75 Å². The van der Waals surface area contributed by atoms with Crippen molar-refractivity contribution in [3.05, 3.63) is 71.6 Å². The summed E-state index contributed by atoms with van der Waals surface area (Å²) in [4.78, 5) is 4.57. The van der Waals surface area contributed by atoms with Crippen LogP contribution in [-0.2, 0) is 24.3 Å². The Hall–Kier alpha value is -2.26. The average molecular weight is 528 g/mol. The van der Waals surface area contributed by atoms with Gasteiger partial charge in [0.1, 0.15) is 5.75 Å². The zero-order valence-electron chi connectivity index (χ0n) is 21.0. The molecule has 1 heterocycles. The van der Waals surface area contributed by atoms with Crippen LogP contribution in [0, 0.1) is 6.92 Å². The van der Waals surface area contributed by atoms with Crippen molar-refractivity contribution >= 4 is 0 Å². The predicted octanol–water partition coefficient (Wildman–Crippen LogP) is 6.96. The predicted molar refractivity (Wildman–Crippen MR) is 130 cm³/mol. The highest BCUT2D eigenvalue weighted by Crippen LogP contribution is 2.40. The topological polar surface area (TPSA) is 15.7 Å². The Morgan fingerprint density at radius 3 is 1.81 bits per heavy atom. The molecule has 1 aliphatic carbocycles. The lowest BCUT2D eigenvalue weighted by atomic mass is 9.82. The molecular weight excluding hydrogens is 494 g/mol. The summed E-state index contributed by atoms with van der Waals surface area (Å²) in [5.74, 6) is 0.603. The lowest BCUT2D eigenvalue weighted by Crippen LogP contribution is -2.57. The van der Waals surface area contributed by atoms with Crippen molar-refractivity contribution in [3.8, 4) is 5.75 Å². The monoisotopic (exact) mass is 527 g/mol. The fraction of sp³-hybridized carbons (Fsp3) is 0.536. The van der Waals surface area contributed by atoms with Gasteiger partial charge in [0, 0.05) is 32.2 Å². The summed E-state index contributed by atoms with van der Waals surface area (Å²) < 4.78 is 86.5. The molecule has 37 heavy (non-hydrogen) atoms. The van der Waals surface area contributed by atoms with Gasteiger partial charge in [-0.15, -0.1) is 0 Å². The first-order valence-electron chi connectivity index (χ1n) is 12.7. The van der Waals surface area contributed by atoms with Crippen LogP contribution in [0.1, 0.15) is 54.4 Å². The molecule has 203 valence electrons. The third-order valence-electron chi connectivity index (χ3n) is 7.78. The molecule has 3 nitrogen and oxygen atoms in total. The Morgan fingerprint density at radius 1 is 0.784 bits per heavy atom. The summed E-state index contributed by atoms with van der Waals surface area (Å²) in [5.41, 5.74) is -3.01. The maximum absolute atomic E-state index is 13.5. The van der Waals surface area contributed by atoms with Crippen LogP contribution in [-0.4, -0.2) is 49.1 Å². The summed E-state index contributed by atoms with van der Waals surface area (Å²) in [6.07, 6.45) is -3.88. The summed E-state index contributed by atoms with van der Waals surface area (Å²) in [5, 5.41) is 0. The van der Waals surface area contributed by atoms with E-state index in [1.54, 1.807) is 24.3 Å². The van der Waals surface area contributed by atoms with Crippen LogP contribution in [0.3, 0.4) is 0 Å². The van der Waals surface area contributed by atoms with Gasteiger partial charge < -0.3 is 4.74 Å². The van der Waals surface area contributed by atoms with Crippen molar-refractivity contribution in [2.75, 3.05) is 33.3 Å². The molecule has 0 aromatic heterocycles. The molecule has 2 fully saturated rings. The zero-order chi connectivity index (χ0) is 26.8. The van der Waals surface area contributed by atoms with Crippen molar-refractivity contribution in [2.24, 2.45) is 0 Å². The highest BCUT2D eigenvalue weighted by Gasteiger charge is 2.40. The van der Waals surface area contributed by atoms with Crippen LogP contribution < -0.4 is 4.74 Å². The third-order valence-corrected chi connectivity index (χ3v) is 7.78. The van der Waals surface area contributed by atoms with E-state index in [0.717, 1.165) is 25.2 Å². The first-order chi connectivity index (χ1) is 17.4. The molecule has 0 N–H and O–H groups in total. The zero-order valence-corrected chi connectivity index (χ0v) is 21.0. The number of alkyl halides is 6. The number of halogens is 6. The van der Waals surface area contributed by atoms with E-state index < -0.39 is 29.0 Å². The summed E-state index contributed by atoms with van der Waals surface area (Å²) in [7, 11) is 1.53. The summed E-state index contributed by atoms with van der Waals surface area (Å²) in [6, 6.07) is 9.39. The number of hydrogen-bond acceptors (Lipinski definition) is 3. The maximum atomic E-state index is 13.5. The van der Waals surface area contributed by atoms with Crippen molar-refractivity contribution in [1.29, 1.82) is 0 Å². The molecule has 1 radical (unpaired) electrons. The number of benzene rings is 2. The van der Waals surface area contributed by atoms with Gasteiger partial charge in [0.05, 0.1) is 23.8 Å². The minimum Gasteiger partial charge on any atom is -0.497 e. The largest absolute Gasteiger partial charge is 0.497 e. The number of nitrogens with zero attached hydrogens (tertiary/aromatic N) is 2. The molecule has 2 aromatic carbocycles. The van der Waals surface area contributed by atoms with Crippen LogP contribution in [0.15, 0.2) is 42.5 Å². The first-order valence-corrected chi connectivity index (χ1v) is 12.7. The van der Waals surface area contributed by atoms with Crippen LogP contribution in [0.2, 0.25) is 0 Å². The third kappa shape index (κ3) is 6.42. The average Bonchev–Trinajstić information content (AvgIpc) is 2.88. The number of ether oxygens (including phenoxy) is 1. The molecule has 4 rings (SSSR count). The SMILES string of the molecule is [CH2]C(Cc1cc(C(F)(F)F)cc(C(F)(F)F)c1)(c1ccc(OC)cc1)N1CCN(C2CCCCC2)CC1. The molecule has 0 spiro atoms. The first kappa shape index (κ1) is 27.8. The van der Waals surface area contributed by atoms with Gasteiger partial charge in [-0.1, -0.05) is 31.4 Å². The fourth-order valence-electron chi connectivity index (χ4n) is 5.72. The molecule has 0 bridgehead atoms. The molecule has 1 saturated heterocycles. The molecule has 1 unspecified atom stereocenters. The maximum Gasteiger partial charge on any atom is 0.416 e. The fourth-order valence-corrected chi connectivity index (χ4v) is 5.72. The van der Waals surface area contributed by atoms with Gasteiger partial charge in [-0.25, -0.2) is 0 Å². The minimum absolute atomic E-state index is 0.0531. The molecule has 1 aliphatic heterocycles. The molecule has 1 atom stereocenters. The van der Waals surface area contributed by atoms with Crippen molar-refractivity contribution in [3.63, 3.8) is 0 Å². The number of piperazine rings is 1. The van der Waals surface area contributed by atoms with E-state index in [-0.39, 0.29) is 18.1 Å². The molecular formula is C28H33F6N2O. The van der Waals surface area contributed by atoms with Crippen LogP contribution in [0.4, 0.5) is 26.3 Å². The second-order valence-electron chi connectivity index (χ2n) is 10.2. The van der Waals surface area contributed by atoms with Gasteiger partial charge in [-0.05, 0) is 67.6 Å². The van der Waals surface area contributed by atoms with Gasteiger partial charge in [-0.3, -0.25) is 9.80 Å². The Bertz CT molecular complexity index is 1010. The Balaban J connectivity index is 1.67. The summed E-state index contributed by atoms with van der Waals surface area (Å²) in [6.45, 7) is 7.26. The molecule has 1 saturated carbocycles. The molecule has 0 amide bonds. The number of methoxy groups -OCH3 is 1. The highest BCUT2D eigenvalue weighted by molar-refractivity contribution is 5.39. The van der Waals surface area contributed by atoms with Gasteiger partial charge in [0.2, 0.25) is 0 Å². The minimum atomic E-state index is -4.90. The number of rotatable bonds is 6. The Morgan fingerprint density at radius 2 is 1.32 bits per heavy atom. The quantitative estimate of drug-likeness (QED) is 0.378. The standard InChI is InChI=1S/C28H33F6N2O/c1-26(21-8-10-25(37-2)11-9-21,36-14-12-35(13-15-36)24-6-4-3-5-7-24)19-20-16-22(27(29,30)31)18-23(17-20)28(32,33)34/h8-11,16-18,24H,1,3-7,12-15,19H2,2H3. The van der Waals surface area contributed by atoms with E-state index >= 15 is 0 Å². The van der Waals surface area contributed by atoms with Crippen LogP contribution in [0.25, 0.3) is 0 Å². The number of hydrogen-bond donors (Lipinski definition) is 0. The van der Waals surface area contributed by atoms with Crippen molar-refractivity contribution in [2.45, 2.75) is 62.5 Å². The lowest BCUT2D eigenvalue weighted by molar-refractivity contribution is -0.143. The van der Waals surface area contributed by atoms with E-state index in [1.165, 1.54) is 39.2 Å². The highest BCUT2D eigenvalue weighted by atomic mass is 19.4. The Kier molecular flexibility index (Phi) is 8.14. The lowest BCUT2D eigenvalue weighted by Gasteiger charge is -2.48. The van der Waals surface area contributed by atoms with Crippen LogP contribution >= 0.6 is 0 Å². The van der Waals surface area contributed by atoms with E-state index in [9.17, 15) is 26.3 Å². The normalized spacial score (nSPS) is 20.5. The van der Waals surface area contributed by atoms with E-state index in [1.807, 2.05) is 0 Å². The van der Waals surface area contributed by atoms with Crippen molar-refractivity contribution < 1.29 is 31.1 Å². The molecule has 9 heteroatoms. The van der Waals surface area contributed by atoms with Crippen molar-refractivity contribution in [1.82, 2.24) is 9.80 Å². The van der Waals surface area contributed by atoms with E-state index in [4.69, 9.17) is 4.74 Å². The van der Waals surface area contributed by atoms with E-state index in [2.05, 4.69) is 16.7 Å². The molecule has 2 aliphatic rings. The van der Waals surface area contributed by atoms with Gasteiger partial charge in [0.25, 0.3) is 0 Å². The van der Waals surface area contributed by atoms with Gasteiger partial charge in [0.15, 0.2) is 0 Å². The second-order valence-corrected chi connectivity index (χ2v) is 10.2.